The van der Waals surface area contributed by atoms with E-state index in [1.165, 1.54) is 0 Å². The van der Waals surface area contributed by atoms with Crippen LogP contribution in [0.3, 0.4) is 0 Å². The van der Waals surface area contributed by atoms with Crippen LogP contribution in [0, 0.1) is 5.92 Å². The minimum atomic E-state index is 0.153. The summed E-state index contributed by atoms with van der Waals surface area (Å²) in [6, 6.07) is 5.25. The number of carbonyl (C=O) groups excluding carboxylic acids is 2. The molecule has 16 heavy (non-hydrogen) atoms. The molecule has 0 N–H and O–H groups in total. The van der Waals surface area contributed by atoms with E-state index in [0.717, 1.165) is 17.0 Å². The Bertz CT molecular complexity index is 377. The molecule has 1 atom stereocenters. The normalized spacial score (nSPS) is 11.9. The third-order valence-corrected chi connectivity index (χ3v) is 2.61. The zero-order valence-corrected chi connectivity index (χ0v) is 10.6. The average Bonchev–Trinajstić information content (AvgIpc) is 2.27. The van der Waals surface area contributed by atoms with Gasteiger partial charge in [-0.05, 0) is 24.1 Å². The first-order valence-electron chi connectivity index (χ1n) is 4.98. The summed E-state index contributed by atoms with van der Waals surface area (Å²) in [5, 5.41) is 0. The number of rotatable bonds is 6. The van der Waals surface area contributed by atoms with Gasteiger partial charge in [0.2, 0.25) is 0 Å². The monoisotopic (exact) mass is 284 g/mol. The second kappa shape index (κ2) is 6.43. The van der Waals surface area contributed by atoms with Crippen molar-refractivity contribution in [2.75, 3.05) is 6.61 Å². The quantitative estimate of drug-likeness (QED) is 0.755. The van der Waals surface area contributed by atoms with E-state index in [-0.39, 0.29) is 5.92 Å². The van der Waals surface area contributed by atoms with E-state index in [9.17, 15) is 9.59 Å². The van der Waals surface area contributed by atoms with Crippen molar-refractivity contribution < 1.29 is 14.3 Å². The first-order chi connectivity index (χ1) is 7.67. The summed E-state index contributed by atoms with van der Waals surface area (Å²) < 4.78 is 6.32. The van der Waals surface area contributed by atoms with E-state index in [1.807, 2.05) is 13.0 Å². The van der Waals surface area contributed by atoms with Gasteiger partial charge in [-0.25, -0.2) is 0 Å². The lowest BCUT2D eigenvalue weighted by Crippen LogP contribution is -2.09. The molecule has 0 aliphatic rings. The van der Waals surface area contributed by atoms with Crippen LogP contribution < -0.4 is 4.74 Å². The van der Waals surface area contributed by atoms with Gasteiger partial charge in [0, 0.05) is 10.9 Å². The van der Waals surface area contributed by atoms with Crippen molar-refractivity contribution >= 4 is 28.5 Å². The largest absolute Gasteiger partial charge is 0.493 e. The van der Waals surface area contributed by atoms with Crippen molar-refractivity contribution in [1.82, 2.24) is 0 Å². The number of carbonyl (C=O) groups is 2. The number of ether oxygens (including phenoxy) is 1. The topological polar surface area (TPSA) is 43.4 Å². The summed E-state index contributed by atoms with van der Waals surface area (Å²) in [4.78, 5) is 21.1. The molecule has 0 fully saturated rings. The molecule has 0 aromatic heterocycles. The van der Waals surface area contributed by atoms with Gasteiger partial charge in [-0.2, -0.15) is 0 Å². The summed E-state index contributed by atoms with van der Waals surface area (Å²) in [5.74, 6) is 0.705. The van der Waals surface area contributed by atoms with E-state index in [0.29, 0.717) is 24.3 Å². The summed E-state index contributed by atoms with van der Waals surface area (Å²) in [7, 11) is 0. The van der Waals surface area contributed by atoms with Gasteiger partial charge < -0.3 is 9.53 Å². The van der Waals surface area contributed by atoms with Crippen LogP contribution >= 0.6 is 15.9 Å². The molecule has 1 aromatic carbocycles. The van der Waals surface area contributed by atoms with E-state index in [2.05, 4.69) is 15.9 Å². The van der Waals surface area contributed by atoms with Gasteiger partial charge in [0.25, 0.3) is 0 Å². The Morgan fingerprint density at radius 3 is 2.81 bits per heavy atom. The lowest BCUT2D eigenvalue weighted by molar-refractivity contribution is -0.108. The van der Waals surface area contributed by atoms with Crippen LogP contribution in [0.5, 0.6) is 5.75 Å². The third kappa shape index (κ3) is 3.77. The highest BCUT2D eigenvalue weighted by Crippen LogP contribution is 2.22. The molecule has 0 aliphatic heterocycles. The second-order valence-electron chi connectivity index (χ2n) is 3.62. The Labute approximate surface area is 103 Å². The molecule has 1 aromatic rings. The van der Waals surface area contributed by atoms with Crippen LogP contribution in [-0.4, -0.2) is 19.2 Å². The minimum Gasteiger partial charge on any atom is -0.493 e. The molecule has 86 valence electrons. The zero-order chi connectivity index (χ0) is 12.0. The standard InChI is InChI=1S/C12H13BrO3/c1-9(4-5-14)8-16-12-3-2-11(13)6-10(12)7-15/h2-3,5-7,9H,4,8H2,1H3. The van der Waals surface area contributed by atoms with Crippen LogP contribution in [0.4, 0.5) is 0 Å². The van der Waals surface area contributed by atoms with Gasteiger partial charge in [-0.15, -0.1) is 0 Å². The van der Waals surface area contributed by atoms with Crippen LogP contribution in [0.25, 0.3) is 0 Å². The predicted octanol–water partition coefficient (Wildman–Crippen LogP) is 2.87. The molecule has 0 aliphatic carbocycles. The Balaban J connectivity index is 2.66. The van der Waals surface area contributed by atoms with Gasteiger partial charge in [0.05, 0.1) is 12.2 Å². The lowest BCUT2D eigenvalue weighted by Gasteiger charge is -2.12. The Morgan fingerprint density at radius 1 is 1.44 bits per heavy atom. The smallest absolute Gasteiger partial charge is 0.153 e. The molecular formula is C12H13BrO3. The molecular weight excluding hydrogens is 272 g/mol. The van der Waals surface area contributed by atoms with E-state index < -0.39 is 0 Å². The molecule has 0 saturated heterocycles. The van der Waals surface area contributed by atoms with E-state index in [1.54, 1.807) is 12.1 Å². The number of benzene rings is 1. The summed E-state index contributed by atoms with van der Waals surface area (Å²) in [6.45, 7) is 2.36. The Hall–Kier alpha value is -1.16. The van der Waals surface area contributed by atoms with Crippen LogP contribution in [0.15, 0.2) is 22.7 Å². The van der Waals surface area contributed by atoms with Crippen molar-refractivity contribution in [3.63, 3.8) is 0 Å². The van der Waals surface area contributed by atoms with Gasteiger partial charge >= 0.3 is 0 Å². The number of halogens is 1. The van der Waals surface area contributed by atoms with Crippen LogP contribution in [0.1, 0.15) is 23.7 Å². The SMILES string of the molecule is CC(CC=O)COc1ccc(Br)cc1C=O. The van der Waals surface area contributed by atoms with Crippen molar-refractivity contribution in [3.05, 3.63) is 28.2 Å². The first kappa shape index (κ1) is 12.9. The second-order valence-corrected chi connectivity index (χ2v) is 4.53. The molecule has 0 amide bonds. The molecule has 1 rings (SSSR count). The number of hydrogen-bond donors (Lipinski definition) is 0. The van der Waals surface area contributed by atoms with E-state index >= 15 is 0 Å². The Morgan fingerprint density at radius 2 is 2.19 bits per heavy atom. The lowest BCUT2D eigenvalue weighted by atomic mass is 10.1. The fourth-order valence-corrected chi connectivity index (χ4v) is 1.59. The van der Waals surface area contributed by atoms with Gasteiger partial charge in [0.1, 0.15) is 12.0 Å². The van der Waals surface area contributed by atoms with E-state index in [4.69, 9.17) is 4.74 Å². The molecule has 0 bridgehead atoms. The predicted molar refractivity (Wildman–Crippen MR) is 64.9 cm³/mol. The Kier molecular flexibility index (Phi) is 5.19. The summed E-state index contributed by atoms with van der Waals surface area (Å²) in [5.41, 5.74) is 0.507. The van der Waals surface area contributed by atoms with Gasteiger partial charge in [-0.3, -0.25) is 4.79 Å². The van der Waals surface area contributed by atoms with Crippen molar-refractivity contribution in [2.24, 2.45) is 5.92 Å². The molecule has 3 nitrogen and oxygen atoms in total. The highest BCUT2D eigenvalue weighted by molar-refractivity contribution is 9.10. The van der Waals surface area contributed by atoms with Crippen LogP contribution in [0.2, 0.25) is 0 Å². The highest BCUT2D eigenvalue weighted by Gasteiger charge is 2.06. The van der Waals surface area contributed by atoms with Gasteiger partial charge in [-0.1, -0.05) is 22.9 Å². The minimum absolute atomic E-state index is 0.153. The number of aldehydes is 2. The molecule has 4 heteroatoms. The molecule has 0 heterocycles. The maximum absolute atomic E-state index is 10.8. The average molecular weight is 285 g/mol. The molecule has 0 spiro atoms. The summed E-state index contributed by atoms with van der Waals surface area (Å²) >= 11 is 3.28. The zero-order valence-electron chi connectivity index (χ0n) is 8.98. The van der Waals surface area contributed by atoms with Crippen molar-refractivity contribution in [2.45, 2.75) is 13.3 Å². The fourth-order valence-electron chi connectivity index (χ4n) is 1.21. The molecule has 0 radical (unpaired) electrons. The van der Waals surface area contributed by atoms with Crippen molar-refractivity contribution in [3.8, 4) is 5.75 Å². The fraction of sp³-hybridized carbons (Fsp3) is 0.333. The highest BCUT2D eigenvalue weighted by atomic mass is 79.9. The molecule has 1 unspecified atom stereocenters. The van der Waals surface area contributed by atoms with Crippen LogP contribution in [-0.2, 0) is 4.79 Å². The third-order valence-electron chi connectivity index (χ3n) is 2.12. The first-order valence-corrected chi connectivity index (χ1v) is 5.77. The maximum atomic E-state index is 10.8. The van der Waals surface area contributed by atoms with Gasteiger partial charge in [0.15, 0.2) is 6.29 Å². The number of hydrogen-bond acceptors (Lipinski definition) is 3. The van der Waals surface area contributed by atoms with Crippen molar-refractivity contribution in [1.29, 1.82) is 0 Å². The summed E-state index contributed by atoms with van der Waals surface area (Å²) in [6.07, 6.45) is 2.09. The maximum Gasteiger partial charge on any atom is 0.153 e. The molecule has 0 saturated carbocycles.